The number of hydrogen-bond donors (Lipinski definition) is 1. The zero-order valence-corrected chi connectivity index (χ0v) is 13.9. The normalized spacial score (nSPS) is 13.1. The molecule has 0 radical (unpaired) electrons. The van der Waals surface area contributed by atoms with Gasteiger partial charge in [0.2, 0.25) is 10.0 Å². The minimum atomic E-state index is -3.24. The van der Waals surface area contributed by atoms with Gasteiger partial charge in [0.15, 0.2) is 0 Å². The second kappa shape index (κ2) is 6.72. The molecule has 5 nitrogen and oxygen atoms in total. The van der Waals surface area contributed by atoms with Gasteiger partial charge in [0.25, 0.3) is 0 Å². The summed E-state index contributed by atoms with van der Waals surface area (Å²) in [4.78, 5) is 0. The lowest BCUT2D eigenvalue weighted by Gasteiger charge is -2.17. The summed E-state index contributed by atoms with van der Waals surface area (Å²) in [5, 5.41) is 3.90. The highest BCUT2D eigenvalue weighted by Crippen LogP contribution is 2.21. The van der Waals surface area contributed by atoms with Crippen LogP contribution in [0.25, 0.3) is 0 Å². The second-order valence-electron chi connectivity index (χ2n) is 6.68. The molecule has 116 valence electrons. The summed E-state index contributed by atoms with van der Waals surface area (Å²) in [6.07, 6.45) is 3.06. The Bertz CT molecular complexity index is 513. The molecule has 6 heteroatoms. The van der Waals surface area contributed by atoms with E-state index in [2.05, 4.69) is 30.6 Å². The summed E-state index contributed by atoms with van der Waals surface area (Å²) in [5.74, 6) is 0.376. The quantitative estimate of drug-likeness (QED) is 0.840. The smallest absolute Gasteiger partial charge is 0.211 e. The van der Waals surface area contributed by atoms with Crippen molar-refractivity contribution in [1.82, 2.24) is 9.88 Å². The van der Waals surface area contributed by atoms with Crippen molar-refractivity contribution in [2.75, 3.05) is 5.75 Å². The Hall–Kier alpha value is -0.880. The van der Waals surface area contributed by atoms with Crippen LogP contribution < -0.4 is 4.72 Å². The van der Waals surface area contributed by atoms with Crippen LogP contribution in [0, 0.1) is 5.41 Å². The van der Waals surface area contributed by atoms with Crippen LogP contribution in [-0.2, 0) is 16.6 Å². The standard InChI is InChI=1S/C14H26N2O3S/c1-11(2)13-12(10-19-16-13)9-15-20(17,18)8-6-7-14(3,4)5/h10-11,15H,6-9H2,1-5H3. The number of nitrogens with zero attached hydrogens (tertiary/aromatic N) is 1. The Labute approximate surface area is 122 Å². The summed E-state index contributed by atoms with van der Waals surface area (Å²) >= 11 is 0. The van der Waals surface area contributed by atoms with Crippen LogP contribution in [0.2, 0.25) is 0 Å². The average Bonchev–Trinajstić information content (AvgIpc) is 2.72. The van der Waals surface area contributed by atoms with Gasteiger partial charge in [-0.25, -0.2) is 13.1 Å². The highest BCUT2D eigenvalue weighted by Gasteiger charge is 2.17. The minimum Gasteiger partial charge on any atom is -0.364 e. The number of hydrogen-bond acceptors (Lipinski definition) is 4. The molecule has 20 heavy (non-hydrogen) atoms. The van der Waals surface area contributed by atoms with Gasteiger partial charge in [-0.1, -0.05) is 39.8 Å². The fourth-order valence-electron chi connectivity index (χ4n) is 1.93. The predicted octanol–water partition coefficient (Wildman–Crippen LogP) is 3.04. The summed E-state index contributed by atoms with van der Waals surface area (Å²) in [5.41, 5.74) is 1.77. The molecule has 0 bridgehead atoms. The van der Waals surface area contributed by atoms with Crippen LogP contribution in [0.5, 0.6) is 0 Å². The van der Waals surface area contributed by atoms with Crippen molar-refractivity contribution >= 4 is 10.0 Å². The molecule has 0 aliphatic heterocycles. The summed E-state index contributed by atoms with van der Waals surface area (Å²) in [7, 11) is -3.24. The molecule has 0 unspecified atom stereocenters. The average molecular weight is 302 g/mol. The SMILES string of the molecule is CC(C)c1nocc1CNS(=O)(=O)CCCC(C)(C)C. The highest BCUT2D eigenvalue weighted by molar-refractivity contribution is 7.89. The molecule has 0 aliphatic carbocycles. The number of sulfonamides is 1. The topological polar surface area (TPSA) is 72.2 Å². The molecule has 0 aliphatic rings. The summed E-state index contributed by atoms with van der Waals surface area (Å²) in [6, 6.07) is 0. The van der Waals surface area contributed by atoms with Crippen molar-refractivity contribution in [3.8, 4) is 0 Å². The fourth-order valence-corrected chi connectivity index (χ4v) is 2.97. The number of nitrogens with one attached hydrogen (secondary N) is 1. The van der Waals surface area contributed by atoms with E-state index < -0.39 is 10.0 Å². The van der Waals surface area contributed by atoms with E-state index in [-0.39, 0.29) is 23.6 Å². The predicted molar refractivity (Wildman–Crippen MR) is 79.9 cm³/mol. The largest absolute Gasteiger partial charge is 0.364 e. The maximum atomic E-state index is 11.9. The van der Waals surface area contributed by atoms with Crippen molar-refractivity contribution in [2.24, 2.45) is 5.41 Å². The Morgan fingerprint density at radius 3 is 2.55 bits per heavy atom. The monoisotopic (exact) mass is 302 g/mol. The van der Waals surface area contributed by atoms with Crippen LogP contribution in [-0.4, -0.2) is 19.3 Å². The van der Waals surface area contributed by atoms with E-state index in [9.17, 15) is 8.42 Å². The molecular formula is C14H26N2O3S. The molecule has 0 saturated heterocycles. The van der Waals surface area contributed by atoms with Gasteiger partial charge in [-0.3, -0.25) is 0 Å². The van der Waals surface area contributed by atoms with Crippen molar-refractivity contribution in [3.05, 3.63) is 17.5 Å². The van der Waals surface area contributed by atoms with Crippen molar-refractivity contribution in [2.45, 2.75) is 59.9 Å². The van der Waals surface area contributed by atoms with E-state index in [0.717, 1.165) is 17.7 Å². The van der Waals surface area contributed by atoms with Crippen LogP contribution in [0.3, 0.4) is 0 Å². The second-order valence-corrected chi connectivity index (χ2v) is 8.61. The first-order valence-electron chi connectivity index (χ1n) is 7.01. The van der Waals surface area contributed by atoms with E-state index >= 15 is 0 Å². The van der Waals surface area contributed by atoms with Gasteiger partial charge >= 0.3 is 0 Å². The zero-order valence-electron chi connectivity index (χ0n) is 13.1. The number of rotatable bonds is 7. The Morgan fingerprint density at radius 2 is 2.00 bits per heavy atom. The summed E-state index contributed by atoms with van der Waals surface area (Å²) in [6.45, 7) is 10.6. The summed E-state index contributed by atoms with van der Waals surface area (Å²) < 4.78 is 31.4. The number of aromatic nitrogens is 1. The molecule has 1 heterocycles. The van der Waals surface area contributed by atoms with E-state index in [0.29, 0.717) is 6.42 Å². The van der Waals surface area contributed by atoms with Crippen molar-refractivity contribution in [3.63, 3.8) is 0 Å². The zero-order chi connectivity index (χ0) is 15.4. The maximum absolute atomic E-state index is 11.9. The van der Waals surface area contributed by atoms with Gasteiger partial charge in [-0.2, -0.15) is 0 Å². The first-order chi connectivity index (χ1) is 9.11. The van der Waals surface area contributed by atoms with Gasteiger partial charge in [0.1, 0.15) is 6.26 Å². The first-order valence-corrected chi connectivity index (χ1v) is 8.66. The van der Waals surface area contributed by atoms with Gasteiger partial charge in [-0.05, 0) is 24.2 Å². The third-order valence-electron chi connectivity index (χ3n) is 3.04. The van der Waals surface area contributed by atoms with Gasteiger partial charge in [-0.15, -0.1) is 0 Å². The van der Waals surface area contributed by atoms with Crippen LogP contribution >= 0.6 is 0 Å². The lowest BCUT2D eigenvalue weighted by Crippen LogP contribution is -2.26. The van der Waals surface area contributed by atoms with Crippen molar-refractivity contribution < 1.29 is 12.9 Å². The maximum Gasteiger partial charge on any atom is 0.211 e. The molecule has 1 aromatic heterocycles. The molecular weight excluding hydrogens is 276 g/mol. The van der Waals surface area contributed by atoms with Crippen LogP contribution in [0.4, 0.5) is 0 Å². The van der Waals surface area contributed by atoms with Crippen LogP contribution in [0.15, 0.2) is 10.8 Å². The molecule has 0 amide bonds. The molecule has 1 aromatic rings. The Morgan fingerprint density at radius 1 is 1.35 bits per heavy atom. The molecule has 0 spiro atoms. The van der Waals surface area contributed by atoms with E-state index in [1.807, 2.05) is 13.8 Å². The molecule has 0 aromatic carbocycles. The van der Waals surface area contributed by atoms with Crippen LogP contribution in [0.1, 0.15) is 64.6 Å². The Kier molecular flexibility index (Phi) is 5.77. The minimum absolute atomic E-state index is 0.159. The van der Waals surface area contributed by atoms with Gasteiger partial charge < -0.3 is 4.52 Å². The van der Waals surface area contributed by atoms with E-state index in [1.165, 1.54) is 6.26 Å². The molecule has 0 saturated carbocycles. The third-order valence-corrected chi connectivity index (χ3v) is 4.45. The van der Waals surface area contributed by atoms with Crippen molar-refractivity contribution in [1.29, 1.82) is 0 Å². The lowest BCUT2D eigenvalue weighted by atomic mass is 9.91. The molecule has 1 rings (SSSR count). The first kappa shape index (κ1) is 17.2. The molecule has 1 N–H and O–H groups in total. The highest BCUT2D eigenvalue weighted by atomic mass is 32.2. The third kappa shape index (κ3) is 6.05. The molecule has 0 fully saturated rings. The van der Waals surface area contributed by atoms with E-state index in [1.54, 1.807) is 0 Å². The lowest BCUT2D eigenvalue weighted by molar-refractivity contribution is 0.373. The Balaban J connectivity index is 2.49. The van der Waals surface area contributed by atoms with E-state index in [4.69, 9.17) is 4.52 Å². The molecule has 0 atom stereocenters. The van der Waals surface area contributed by atoms with Gasteiger partial charge in [0.05, 0.1) is 11.4 Å². The van der Waals surface area contributed by atoms with Gasteiger partial charge in [0, 0.05) is 12.1 Å². The fraction of sp³-hybridized carbons (Fsp3) is 0.786.